The van der Waals surface area contributed by atoms with Gasteiger partial charge in [0.25, 0.3) is 0 Å². The van der Waals surface area contributed by atoms with Gasteiger partial charge >= 0.3 is 0 Å². The molecule has 0 aliphatic rings. The van der Waals surface area contributed by atoms with Crippen molar-refractivity contribution in [1.82, 2.24) is 9.88 Å². The Kier molecular flexibility index (Phi) is 5.03. The lowest BCUT2D eigenvalue weighted by molar-refractivity contribution is 0.390. The molecule has 120 valence electrons. The van der Waals surface area contributed by atoms with E-state index in [9.17, 15) is 8.42 Å². The largest absolute Gasteiger partial charge is 0.360 e. The van der Waals surface area contributed by atoms with Gasteiger partial charge in [-0.15, -0.1) is 0 Å². The van der Waals surface area contributed by atoms with E-state index < -0.39 is 10.0 Å². The van der Waals surface area contributed by atoms with E-state index in [2.05, 4.69) is 23.7 Å². The Balaban J connectivity index is 2.35. The third-order valence-corrected chi connectivity index (χ3v) is 5.16. The lowest BCUT2D eigenvalue weighted by atomic mass is 9.98. The number of nitrogens with zero attached hydrogens (tertiary/aromatic N) is 1. The van der Waals surface area contributed by atoms with E-state index in [1.807, 2.05) is 30.3 Å². The first-order valence-corrected chi connectivity index (χ1v) is 8.79. The fourth-order valence-corrected chi connectivity index (χ4v) is 4.08. The highest BCUT2D eigenvalue weighted by Crippen LogP contribution is 2.26. The second-order valence-corrected chi connectivity index (χ2v) is 7.52. The van der Waals surface area contributed by atoms with E-state index in [1.54, 1.807) is 13.8 Å². The van der Waals surface area contributed by atoms with Crippen LogP contribution in [0.15, 0.2) is 39.8 Å². The zero-order valence-corrected chi connectivity index (χ0v) is 14.1. The number of hydrogen-bond acceptors (Lipinski definition) is 4. The minimum Gasteiger partial charge on any atom is -0.360 e. The van der Waals surface area contributed by atoms with Gasteiger partial charge in [0.1, 0.15) is 10.6 Å². The van der Waals surface area contributed by atoms with Crippen molar-refractivity contribution in [3.63, 3.8) is 0 Å². The lowest BCUT2D eigenvalue weighted by Crippen LogP contribution is -2.30. The molecule has 22 heavy (non-hydrogen) atoms. The van der Waals surface area contributed by atoms with Crippen LogP contribution in [0.25, 0.3) is 0 Å². The maximum Gasteiger partial charge on any atom is 0.246 e. The van der Waals surface area contributed by atoms with Gasteiger partial charge in [0.2, 0.25) is 10.0 Å². The van der Waals surface area contributed by atoms with Crippen LogP contribution < -0.4 is 4.72 Å². The molecular formula is C16H22N2O3S. The third-order valence-electron chi connectivity index (χ3n) is 3.44. The van der Waals surface area contributed by atoms with E-state index in [0.717, 1.165) is 5.56 Å². The average Bonchev–Trinajstić information content (AvgIpc) is 2.78. The first kappa shape index (κ1) is 16.7. The van der Waals surface area contributed by atoms with E-state index in [0.29, 0.717) is 23.8 Å². The zero-order valence-electron chi connectivity index (χ0n) is 13.3. The molecule has 0 radical (unpaired) electrons. The Morgan fingerprint density at radius 3 is 2.32 bits per heavy atom. The molecule has 0 aliphatic heterocycles. The summed E-state index contributed by atoms with van der Waals surface area (Å²) in [6, 6.07) is 9.32. The van der Waals surface area contributed by atoms with Gasteiger partial charge < -0.3 is 4.52 Å². The first-order chi connectivity index (χ1) is 10.3. The summed E-state index contributed by atoms with van der Waals surface area (Å²) in [7, 11) is -3.68. The molecule has 2 aromatic rings. The molecule has 0 saturated carbocycles. The minimum absolute atomic E-state index is 0.136. The summed E-state index contributed by atoms with van der Waals surface area (Å²) in [5.74, 6) is 0.666. The summed E-state index contributed by atoms with van der Waals surface area (Å²) in [6.45, 7) is 7.37. The Morgan fingerprint density at radius 1 is 1.18 bits per heavy atom. The van der Waals surface area contributed by atoms with Crippen LogP contribution in [0.3, 0.4) is 0 Å². The van der Waals surface area contributed by atoms with E-state index >= 15 is 0 Å². The maximum absolute atomic E-state index is 12.7. The molecule has 1 heterocycles. The van der Waals surface area contributed by atoms with Gasteiger partial charge in [0, 0.05) is 6.04 Å². The summed E-state index contributed by atoms with van der Waals surface area (Å²) in [6.07, 6.45) is 0.715. The van der Waals surface area contributed by atoms with Crippen molar-refractivity contribution in [2.24, 2.45) is 5.92 Å². The van der Waals surface area contributed by atoms with E-state index in [1.165, 1.54) is 0 Å². The van der Waals surface area contributed by atoms with Gasteiger partial charge in [-0.25, -0.2) is 13.1 Å². The summed E-state index contributed by atoms with van der Waals surface area (Å²) < 4.78 is 33.2. The van der Waals surface area contributed by atoms with Gasteiger partial charge in [-0.3, -0.25) is 0 Å². The van der Waals surface area contributed by atoms with Crippen molar-refractivity contribution < 1.29 is 12.9 Å². The van der Waals surface area contributed by atoms with Crippen LogP contribution in [-0.4, -0.2) is 13.6 Å². The summed E-state index contributed by atoms with van der Waals surface area (Å²) in [5, 5.41) is 3.73. The zero-order chi connectivity index (χ0) is 16.3. The summed E-state index contributed by atoms with van der Waals surface area (Å²) >= 11 is 0. The number of nitrogens with one attached hydrogen (secondary N) is 1. The molecule has 2 rings (SSSR count). The minimum atomic E-state index is -3.68. The average molecular weight is 322 g/mol. The van der Waals surface area contributed by atoms with Crippen molar-refractivity contribution in [3.05, 3.63) is 47.3 Å². The van der Waals surface area contributed by atoms with Crippen LogP contribution >= 0.6 is 0 Å². The molecule has 1 unspecified atom stereocenters. The normalized spacial score (nSPS) is 13.5. The fraction of sp³-hybridized carbons (Fsp3) is 0.438. The van der Waals surface area contributed by atoms with Crippen LogP contribution in [0, 0.1) is 19.8 Å². The van der Waals surface area contributed by atoms with Gasteiger partial charge in [-0.05, 0) is 31.7 Å². The number of benzene rings is 1. The quantitative estimate of drug-likeness (QED) is 0.885. The van der Waals surface area contributed by atoms with Crippen molar-refractivity contribution in [3.8, 4) is 0 Å². The highest BCUT2D eigenvalue weighted by molar-refractivity contribution is 7.89. The number of rotatable bonds is 6. The molecule has 0 fully saturated rings. The molecule has 6 heteroatoms. The summed E-state index contributed by atoms with van der Waals surface area (Å²) in [4.78, 5) is 0.136. The van der Waals surface area contributed by atoms with Crippen LogP contribution in [0.5, 0.6) is 0 Å². The number of sulfonamides is 1. The van der Waals surface area contributed by atoms with E-state index in [-0.39, 0.29) is 10.9 Å². The highest BCUT2D eigenvalue weighted by Gasteiger charge is 2.28. The maximum atomic E-state index is 12.7. The Morgan fingerprint density at radius 2 is 1.82 bits per heavy atom. The smallest absolute Gasteiger partial charge is 0.246 e. The third kappa shape index (κ3) is 3.75. The Labute approximate surface area is 131 Å². The number of aromatic nitrogens is 1. The molecule has 0 saturated heterocycles. The van der Waals surface area contributed by atoms with E-state index in [4.69, 9.17) is 4.52 Å². The molecule has 1 N–H and O–H groups in total. The van der Waals surface area contributed by atoms with Crippen molar-refractivity contribution in [2.45, 2.75) is 45.1 Å². The molecule has 1 aromatic carbocycles. The second-order valence-electron chi connectivity index (χ2n) is 5.87. The molecule has 0 spiro atoms. The number of hydrogen-bond donors (Lipinski definition) is 1. The van der Waals surface area contributed by atoms with Gasteiger partial charge in [0.05, 0.1) is 0 Å². The van der Waals surface area contributed by atoms with Gasteiger partial charge in [0.15, 0.2) is 5.76 Å². The predicted octanol–water partition coefficient (Wildman–Crippen LogP) is 3.36. The lowest BCUT2D eigenvalue weighted by Gasteiger charge is -2.21. The molecule has 0 bridgehead atoms. The summed E-state index contributed by atoms with van der Waals surface area (Å²) in [5.41, 5.74) is 1.33. The topological polar surface area (TPSA) is 72.2 Å². The Bertz CT molecular complexity index is 702. The van der Waals surface area contributed by atoms with Crippen LogP contribution in [0.4, 0.5) is 0 Å². The van der Waals surface area contributed by atoms with Crippen molar-refractivity contribution in [2.75, 3.05) is 0 Å². The molecule has 5 nitrogen and oxygen atoms in total. The van der Waals surface area contributed by atoms with Crippen molar-refractivity contribution in [1.29, 1.82) is 0 Å². The standard InChI is InChI=1S/C16H22N2O3S/c1-11(2)10-15(14-8-6-5-7-9-14)18-22(19,20)16-12(3)17-21-13(16)4/h5-9,11,15,18H,10H2,1-4H3. The number of aryl methyl sites for hydroxylation is 2. The molecule has 0 amide bonds. The van der Waals surface area contributed by atoms with Crippen LogP contribution in [-0.2, 0) is 10.0 Å². The SMILES string of the molecule is Cc1noc(C)c1S(=O)(=O)NC(CC(C)C)c1ccccc1. The van der Waals surface area contributed by atoms with Gasteiger partial charge in [-0.2, -0.15) is 0 Å². The molecular weight excluding hydrogens is 300 g/mol. The Hall–Kier alpha value is -1.66. The fourth-order valence-electron chi connectivity index (χ4n) is 2.51. The first-order valence-electron chi connectivity index (χ1n) is 7.31. The second kappa shape index (κ2) is 6.62. The molecule has 1 aromatic heterocycles. The van der Waals surface area contributed by atoms with Crippen molar-refractivity contribution >= 4 is 10.0 Å². The monoisotopic (exact) mass is 322 g/mol. The van der Waals surface area contributed by atoms with Gasteiger partial charge in [-0.1, -0.05) is 49.3 Å². The van der Waals surface area contributed by atoms with Crippen LogP contribution in [0.2, 0.25) is 0 Å². The molecule has 0 aliphatic carbocycles. The predicted molar refractivity (Wildman–Crippen MR) is 84.9 cm³/mol. The molecule has 1 atom stereocenters. The highest BCUT2D eigenvalue weighted by atomic mass is 32.2. The van der Waals surface area contributed by atoms with Crippen LogP contribution in [0.1, 0.15) is 43.3 Å².